The standard InChI is InChI=1S/C9H8BrClFNO/c10-4-3-5(11)7-6(13)1-2-14-9(7)8(4)12/h3,6H,1-2,13H2/t6-/m1/s1. The molecule has 0 aliphatic carbocycles. The Balaban J connectivity index is 2.66. The number of fused-ring (bicyclic) bond motifs is 1. The highest BCUT2D eigenvalue weighted by Gasteiger charge is 2.26. The lowest BCUT2D eigenvalue weighted by Crippen LogP contribution is -2.22. The molecule has 1 aromatic rings. The molecule has 2 rings (SSSR count). The summed E-state index contributed by atoms with van der Waals surface area (Å²) in [4.78, 5) is 0. The first-order valence-corrected chi connectivity index (χ1v) is 5.34. The molecular formula is C9H8BrClFNO. The van der Waals surface area contributed by atoms with Gasteiger partial charge < -0.3 is 10.5 Å². The van der Waals surface area contributed by atoms with Crippen molar-refractivity contribution in [2.45, 2.75) is 12.5 Å². The minimum Gasteiger partial charge on any atom is -0.490 e. The van der Waals surface area contributed by atoms with Gasteiger partial charge in [0.25, 0.3) is 0 Å². The van der Waals surface area contributed by atoms with Crippen LogP contribution in [-0.2, 0) is 0 Å². The number of rotatable bonds is 0. The van der Waals surface area contributed by atoms with Gasteiger partial charge >= 0.3 is 0 Å². The van der Waals surface area contributed by atoms with Crippen molar-refractivity contribution in [1.29, 1.82) is 0 Å². The zero-order chi connectivity index (χ0) is 10.3. The third-order valence-electron chi connectivity index (χ3n) is 2.21. The average molecular weight is 281 g/mol. The van der Waals surface area contributed by atoms with E-state index < -0.39 is 5.82 Å². The normalized spacial score (nSPS) is 20.1. The summed E-state index contributed by atoms with van der Waals surface area (Å²) < 4.78 is 19.1. The van der Waals surface area contributed by atoms with Crippen LogP contribution < -0.4 is 10.5 Å². The van der Waals surface area contributed by atoms with E-state index in [0.717, 1.165) is 0 Å². The molecule has 0 saturated heterocycles. The Bertz CT molecular complexity index is 386. The number of hydrogen-bond donors (Lipinski definition) is 1. The van der Waals surface area contributed by atoms with Crippen LogP contribution in [0.15, 0.2) is 10.5 Å². The van der Waals surface area contributed by atoms with Crippen molar-refractivity contribution in [3.8, 4) is 5.75 Å². The number of halogens is 3. The zero-order valence-electron chi connectivity index (χ0n) is 7.19. The minimum absolute atomic E-state index is 0.183. The number of hydrogen-bond acceptors (Lipinski definition) is 2. The summed E-state index contributed by atoms with van der Waals surface area (Å²) in [7, 11) is 0. The lowest BCUT2D eigenvalue weighted by Gasteiger charge is -2.24. The Hall–Kier alpha value is -0.320. The first-order chi connectivity index (χ1) is 6.61. The summed E-state index contributed by atoms with van der Waals surface area (Å²) in [5.74, 6) is -0.248. The van der Waals surface area contributed by atoms with Crippen LogP contribution >= 0.6 is 27.5 Å². The van der Waals surface area contributed by atoms with Crippen molar-refractivity contribution in [1.82, 2.24) is 0 Å². The highest BCUT2D eigenvalue weighted by molar-refractivity contribution is 9.10. The molecule has 5 heteroatoms. The molecule has 1 aromatic carbocycles. The van der Waals surface area contributed by atoms with Gasteiger partial charge in [-0.1, -0.05) is 11.6 Å². The topological polar surface area (TPSA) is 35.2 Å². The van der Waals surface area contributed by atoms with E-state index in [0.29, 0.717) is 28.1 Å². The van der Waals surface area contributed by atoms with E-state index in [1.807, 2.05) is 0 Å². The molecule has 0 unspecified atom stereocenters. The van der Waals surface area contributed by atoms with Gasteiger partial charge in [-0.15, -0.1) is 0 Å². The van der Waals surface area contributed by atoms with E-state index in [9.17, 15) is 4.39 Å². The van der Waals surface area contributed by atoms with Crippen LogP contribution in [0.4, 0.5) is 4.39 Å². The molecule has 2 N–H and O–H groups in total. The Kier molecular flexibility index (Phi) is 2.68. The molecule has 0 spiro atoms. The van der Waals surface area contributed by atoms with Gasteiger partial charge in [0.05, 0.1) is 16.1 Å². The SMILES string of the molecule is N[C@@H]1CCOc2c(F)c(Br)cc(Cl)c21. The second-order valence-corrected chi connectivity index (χ2v) is 4.40. The summed E-state index contributed by atoms with van der Waals surface area (Å²) in [6, 6.07) is 1.26. The quantitative estimate of drug-likeness (QED) is 0.741. The Morgan fingerprint density at radius 1 is 1.64 bits per heavy atom. The maximum Gasteiger partial charge on any atom is 0.179 e. The van der Waals surface area contributed by atoms with Crippen molar-refractivity contribution >= 4 is 27.5 Å². The van der Waals surface area contributed by atoms with Crippen LogP contribution in [0.1, 0.15) is 18.0 Å². The van der Waals surface area contributed by atoms with Crippen LogP contribution in [-0.4, -0.2) is 6.61 Å². The summed E-state index contributed by atoms with van der Waals surface area (Å²) in [5, 5.41) is 0.445. The third kappa shape index (κ3) is 1.51. The fraction of sp³-hybridized carbons (Fsp3) is 0.333. The molecule has 0 fully saturated rings. The molecule has 1 aliphatic rings. The maximum atomic E-state index is 13.6. The van der Waals surface area contributed by atoms with E-state index in [-0.39, 0.29) is 11.8 Å². The van der Waals surface area contributed by atoms with Crippen molar-refractivity contribution in [3.05, 3.63) is 26.9 Å². The molecule has 1 aliphatic heterocycles. The second kappa shape index (κ2) is 3.68. The van der Waals surface area contributed by atoms with Crippen LogP contribution in [0.25, 0.3) is 0 Å². The minimum atomic E-state index is -0.431. The fourth-order valence-electron chi connectivity index (χ4n) is 1.51. The average Bonchev–Trinajstić information content (AvgIpc) is 2.14. The molecule has 0 aromatic heterocycles. The third-order valence-corrected chi connectivity index (χ3v) is 3.10. The van der Waals surface area contributed by atoms with E-state index >= 15 is 0 Å². The lowest BCUT2D eigenvalue weighted by molar-refractivity contribution is 0.255. The van der Waals surface area contributed by atoms with Gasteiger partial charge in [-0.25, -0.2) is 4.39 Å². The molecular weight excluding hydrogens is 272 g/mol. The van der Waals surface area contributed by atoms with E-state index in [2.05, 4.69) is 15.9 Å². The van der Waals surface area contributed by atoms with E-state index in [4.69, 9.17) is 22.1 Å². The van der Waals surface area contributed by atoms with Gasteiger partial charge in [-0.2, -0.15) is 0 Å². The van der Waals surface area contributed by atoms with Crippen LogP contribution in [0.3, 0.4) is 0 Å². The Morgan fingerprint density at radius 2 is 2.36 bits per heavy atom. The van der Waals surface area contributed by atoms with Gasteiger partial charge in [0.1, 0.15) is 0 Å². The summed E-state index contributed by atoms with van der Waals surface area (Å²) in [6.07, 6.45) is 0.661. The Morgan fingerprint density at radius 3 is 3.07 bits per heavy atom. The van der Waals surface area contributed by atoms with Crippen molar-refractivity contribution in [2.24, 2.45) is 5.73 Å². The monoisotopic (exact) mass is 279 g/mol. The molecule has 14 heavy (non-hydrogen) atoms. The largest absolute Gasteiger partial charge is 0.490 e. The molecule has 0 bridgehead atoms. The van der Waals surface area contributed by atoms with Crippen molar-refractivity contribution in [3.63, 3.8) is 0 Å². The smallest absolute Gasteiger partial charge is 0.179 e. The first-order valence-electron chi connectivity index (χ1n) is 4.17. The van der Waals surface area contributed by atoms with Gasteiger partial charge in [0.15, 0.2) is 11.6 Å². The molecule has 1 atom stereocenters. The van der Waals surface area contributed by atoms with Crippen LogP contribution in [0.2, 0.25) is 5.02 Å². The van der Waals surface area contributed by atoms with Crippen molar-refractivity contribution < 1.29 is 9.13 Å². The zero-order valence-corrected chi connectivity index (χ0v) is 9.53. The molecule has 0 radical (unpaired) electrons. The van der Waals surface area contributed by atoms with Crippen LogP contribution in [0, 0.1) is 5.82 Å². The van der Waals surface area contributed by atoms with E-state index in [1.54, 1.807) is 0 Å². The second-order valence-electron chi connectivity index (χ2n) is 3.14. The van der Waals surface area contributed by atoms with Gasteiger partial charge in [-0.05, 0) is 22.0 Å². The highest BCUT2D eigenvalue weighted by Crippen LogP contribution is 2.41. The maximum absolute atomic E-state index is 13.6. The van der Waals surface area contributed by atoms with Crippen LogP contribution in [0.5, 0.6) is 5.75 Å². The highest BCUT2D eigenvalue weighted by atomic mass is 79.9. The Labute approximate surface area is 94.3 Å². The van der Waals surface area contributed by atoms with E-state index in [1.165, 1.54) is 6.07 Å². The number of ether oxygens (including phenoxy) is 1. The summed E-state index contributed by atoms with van der Waals surface area (Å²) >= 11 is 9.02. The molecule has 1 heterocycles. The molecule has 2 nitrogen and oxygen atoms in total. The molecule has 0 amide bonds. The first kappa shape index (κ1) is 10.2. The van der Waals surface area contributed by atoms with Gasteiger partial charge in [0, 0.05) is 18.0 Å². The number of benzene rings is 1. The van der Waals surface area contributed by atoms with Gasteiger partial charge in [-0.3, -0.25) is 0 Å². The lowest BCUT2D eigenvalue weighted by atomic mass is 10.0. The summed E-state index contributed by atoms with van der Waals surface area (Å²) in [6.45, 7) is 0.428. The molecule has 76 valence electrons. The predicted molar refractivity (Wildman–Crippen MR) is 56.2 cm³/mol. The van der Waals surface area contributed by atoms with Gasteiger partial charge in [0.2, 0.25) is 0 Å². The summed E-state index contributed by atoms with van der Waals surface area (Å²) in [5.41, 5.74) is 6.39. The fourth-order valence-corrected chi connectivity index (χ4v) is 2.38. The predicted octanol–water partition coefficient (Wildman–Crippen LogP) is 3.02. The molecule has 0 saturated carbocycles. The number of nitrogens with two attached hydrogens (primary N) is 1. The van der Waals surface area contributed by atoms with Crippen molar-refractivity contribution in [2.75, 3.05) is 6.61 Å².